The Hall–Kier alpha value is -2.20. The van der Waals surface area contributed by atoms with Crippen molar-refractivity contribution in [3.63, 3.8) is 0 Å². The van der Waals surface area contributed by atoms with Crippen LogP contribution < -0.4 is 10.6 Å². The molecule has 2 aromatic rings. The van der Waals surface area contributed by atoms with Gasteiger partial charge in [-0.25, -0.2) is 4.98 Å². The molecule has 1 aliphatic rings. The van der Waals surface area contributed by atoms with Gasteiger partial charge in [0.1, 0.15) is 5.82 Å². The summed E-state index contributed by atoms with van der Waals surface area (Å²) in [5, 5.41) is 6.09. The number of carbonyl (C=O) groups is 1. The fraction of sp³-hybridized carbons (Fsp3) is 0.200. The van der Waals surface area contributed by atoms with Gasteiger partial charge >= 0.3 is 0 Å². The van der Waals surface area contributed by atoms with Crippen LogP contribution >= 0.6 is 0 Å². The lowest BCUT2D eigenvalue weighted by atomic mass is 9.95. The SMILES string of the molecule is O=C(Nc1ccccn1)C1Cc2ccccc2CN1. The van der Waals surface area contributed by atoms with Crippen molar-refractivity contribution in [3.05, 3.63) is 59.8 Å². The van der Waals surface area contributed by atoms with Gasteiger partial charge in [-0.05, 0) is 29.7 Å². The number of hydrogen-bond donors (Lipinski definition) is 2. The maximum Gasteiger partial charge on any atom is 0.243 e. The van der Waals surface area contributed by atoms with Gasteiger partial charge in [-0.2, -0.15) is 0 Å². The van der Waals surface area contributed by atoms with Gasteiger partial charge in [0.25, 0.3) is 0 Å². The van der Waals surface area contributed by atoms with E-state index in [1.807, 2.05) is 24.3 Å². The second-order valence-corrected chi connectivity index (χ2v) is 4.61. The van der Waals surface area contributed by atoms with Crippen molar-refractivity contribution < 1.29 is 4.79 Å². The minimum absolute atomic E-state index is 0.0341. The van der Waals surface area contributed by atoms with E-state index in [4.69, 9.17) is 0 Å². The van der Waals surface area contributed by atoms with E-state index >= 15 is 0 Å². The molecule has 1 aliphatic heterocycles. The van der Waals surface area contributed by atoms with Crippen LogP contribution in [0.3, 0.4) is 0 Å². The summed E-state index contributed by atoms with van der Waals surface area (Å²) in [5.41, 5.74) is 2.51. The molecule has 0 fully saturated rings. The van der Waals surface area contributed by atoms with Gasteiger partial charge in [0.2, 0.25) is 5.91 Å². The highest BCUT2D eigenvalue weighted by molar-refractivity contribution is 5.94. The monoisotopic (exact) mass is 253 g/mol. The first kappa shape index (κ1) is 11.9. The molecule has 4 heteroatoms. The van der Waals surface area contributed by atoms with Crippen molar-refractivity contribution in [2.24, 2.45) is 0 Å². The number of nitrogens with zero attached hydrogens (tertiary/aromatic N) is 1. The average molecular weight is 253 g/mol. The summed E-state index contributed by atoms with van der Waals surface area (Å²) in [6.45, 7) is 0.733. The molecule has 0 saturated carbocycles. The molecular formula is C15H15N3O. The van der Waals surface area contributed by atoms with Gasteiger partial charge in [0.05, 0.1) is 6.04 Å². The fourth-order valence-electron chi connectivity index (χ4n) is 2.29. The predicted octanol–water partition coefficient (Wildman–Crippen LogP) is 1.73. The van der Waals surface area contributed by atoms with Crippen LogP contribution in [0, 0.1) is 0 Å². The van der Waals surface area contributed by atoms with E-state index in [0.717, 1.165) is 13.0 Å². The smallest absolute Gasteiger partial charge is 0.243 e. The second-order valence-electron chi connectivity index (χ2n) is 4.61. The molecule has 0 saturated heterocycles. The first-order chi connectivity index (χ1) is 9.33. The van der Waals surface area contributed by atoms with Crippen LogP contribution in [0.2, 0.25) is 0 Å². The van der Waals surface area contributed by atoms with Crippen LogP contribution in [0.4, 0.5) is 5.82 Å². The maximum absolute atomic E-state index is 12.2. The zero-order valence-electron chi connectivity index (χ0n) is 10.5. The topological polar surface area (TPSA) is 54.0 Å². The van der Waals surface area contributed by atoms with Crippen LogP contribution in [0.5, 0.6) is 0 Å². The Morgan fingerprint density at radius 3 is 2.74 bits per heavy atom. The third-order valence-corrected chi connectivity index (χ3v) is 3.31. The second kappa shape index (κ2) is 5.20. The van der Waals surface area contributed by atoms with Gasteiger partial charge in [0.15, 0.2) is 0 Å². The molecule has 0 aliphatic carbocycles. The van der Waals surface area contributed by atoms with Crippen LogP contribution in [0.25, 0.3) is 0 Å². The molecule has 1 aromatic heterocycles. The lowest BCUT2D eigenvalue weighted by molar-refractivity contribution is -0.118. The molecule has 1 atom stereocenters. The Kier molecular flexibility index (Phi) is 3.25. The molecule has 1 aromatic carbocycles. The van der Waals surface area contributed by atoms with E-state index in [0.29, 0.717) is 5.82 Å². The highest BCUT2D eigenvalue weighted by atomic mass is 16.2. The molecule has 4 nitrogen and oxygen atoms in total. The molecule has 0 radical (unpaired) electrons. The molecule has 0 spiro atoms. The number of amides is 1. The molecule has 3 rings (SSSR count). The van der Waals surface area contributed by atoms with E-state index in [9.17, 15) is 4.79 Å². The summed E-state index contributed by atoms with van der Waals surface area (Å²) >= 11 is 0. The van der Waals surface area contributed by atoms with Gasteiger partial charge in [-0.3, -0.25) is 4.79 Å². The lowest BCUT2D eigenvalue weighted by Gasteiger charge is -2.25. The fourth-order valence-corrected chi connectivity index (χ4v) is 2.29. The Morgan fingerprint density at radius 2 is 1.95 bits per heavy atom. The van der Waals surface area contributed by atoms with E-state index in [1.54, 1.807) is 12.3 Å². The Balaban J connectivity index is 1.70. The zero-order valence-corrected chi connectivity index (χ0v) is 10.5. The number of anilines is 1. The van der Waals surface area contributed by atoms with Gasteiger partial charge < -0.3 is 10.6 Å². The largest absolute Gasteiger partial charge is 0.309 e. The summed E-state index contributed by atoms with van der Waals surface area (Å²) in [5.74, 6) is 0.557. The van der Waals surface area contributed by atoms with Crippen LogP contribution in [-0.4, -0.2) is 16.9 Å². The first-order valence-corrected chi connectivity index (χ1v) is 6.35. The van der Waals surface area contributed by atoms with Crippen LogP contribution in [-0.2, 0) is 17.8 Å². The summed E-state index contributed by atoms with van der Waals surface area (Å²) in [7, 11) is 0. The Labute approximate surface area is 111 Å². The van der Waals surface area contributed by atoms with Crippen molar-refractivity contribution in [1.82, 2.24) is 10.3 Å². The summed E-state index contributed by atoms with van der Waals surface area (Å²) in [4.78, 5) is 16.3. The van der Waals surface area contributed by atoms with Crippen molar-refractivity contribution in [1.29, 1.82) is 0 Å². The molecule has 2 N–H and O–H groups in total. The van der Waals surface area contributed by atoms with E-state index < -0.39 is 0 Å². The van der Waals surface area contributed by atoms with Gasteiger partial charge in [0, 0.05) is 12.7 Å². The minimum Gasteiger partial charge on any atom is -0.309 e. The molecule has 1 amide bonds. The molecule has 1 unspecified atom stereocenters. The Morgan fingerprint density at radius 1 is 1.16 bits per heavy atom. The average Bonchev–Trinajstić information content (AvgIpc) is 2.48. The Bertz CT molecular complexity index is 583. The van der Waals surface area contributed by atoms with Crippen LogP contribution in [0.15, 0.2) is 48.7 Å². The molecular weight excluding hydrogens is 238 g/mol. The van der Waals surface area contributed by atoms with Crippen molar-refractivity contribution in [2.75, 3.05) is 5.32 Å². The van der Waals surface area contributed by atoms with Crippen molar-refractivity contribution in [2.45, 2.75) is 19.0 Å². The molecule has 0 bridgehead atoms. The number of aromatic nitrogens is 1. The number of carbonyl (C=O) groups excluding carboxylic acids is 1. The normalized spacial score (nSPS) is 17.6. The number of benzene rings is 1. The number of rotatable bonds is 2. The van der Waals surface area contributed by atoms with E-state index in [1.165, 1.54) is 11.1 Å². The first-order valence-electron chi connectivity index (χ1n) is 6.35. The highest BCUT2D eigenvalue weighted by Gasteiger charge is 2.23. The predicted molar refractivity (Wildman–Crippen MR) is 73.6 cm³/mol. The van der Waals surface area contributed by atoms with Gasteiger partial charge in [-0.1, -0.05) is 30.3 Å². The minimum atomic E-state index is -0.197. The summed E-state index contributed by atoms with van der Waals surface area (Å²) in [6, 6.07) is 13.5. The molecule has 96 valence electrons. The van der Waals surface area contributed by atoms with Gasteiger partial charge in [-0.15, -0.1) is 0 Å². The third kappa shape index (κ3) is 2.63. The standard InChI is InChI=1S/C15H15N3O/c19-15(18-14-7-3-4-8-16-14)13-9-11-5-1-2-6-12(11)10-17-13/h1-8,13,17H,9-10H2,(H,16,18,19). The number of nitrogens with one attached hydrogen (secondary N) is 2. The summed E-state index contributed by atoms with van der Waals surface area (Å²) in [6.07, 6.45) is 2.38. The van der Waals surface area contributed by atoms with Crippen LogP contribution in [0.1, 0.15) is 11.1 Å². The number of hydrogen-bond acceptors (Lipinski definition) is 3. The van der Waals surface area contributed by atoms with E-state index in [2.05, 4.69) is 27.8 Å². The highest BCUT2D eigenvalue weighted by Crippen LogP contribution is 2.17. The zero-order chi connectivity index (χ0) is 13.1. The summed E-state index contributed by atoms with van der Waals surface area (Å²) < 4.78 is 0. The third-order valence-electron chi connectivity index (χ3n) is 3.31. The van der Waals surface area contributed by atoms with Crippen molar-refractivity contribution in [3.8, 4) is 0 Å². The van der Waals surface area contributed by atoms with Crippen molar-refractivity contribution >= 4 is 11.7 Å². The number of pyridine rings is 1. The quantitative estimate of drug-likeness (QED) is 0.857. The molecule has 2 heterocycles. The number of fused-ring (bicyclic) bond motifs is 1. The molecule has 19 heavy (non-hydrogen) atoms. The maximum atomic E-state index is 12.2. The van der Waals surface area contributed by atoms with E-state index in [-0.39, 0.29) is 11.9 Å². The lowest BCUT2D eigenvalue weighted by Crippen LogP contribution is -2.44.